The molecule has 3 rings (SSSR count). The van der Waals surface area contributed by atoms with Crippen LogP contribution in [0.2, 0.25) is 0 Å². The number of ether oxygens (including phenoxy) is 1. The summed E-state index contributed by atoms with van der Waals surface area (Å²) in [6.45, 7) is 8.34. The van der Waals surface area contributed by atoms with Gasteiger partial charge in [-0.2, -0.15) is 0 Å². The van der Waals surface area contributed by atoms with Gasteiger partial charge >= 0.3 is 0 Å². The lowest BCUT2D eigenvalue weighted by molar-refractivity contribution is -0.127. The van der Waals surface area contributed by atoms with Crippen molar-refractivity contribution in [2.24, 2.45) is 5.92 Å². The standard InChI is InChI=1S/C18H31N5O2S/c1-14-20-21-17(26-14)13-22-9-5-16(6-10-22)23-8-3-4-15(12-23)18(24)19-7-11-25-2/h15-16H,3-13H2,1-2H3,(H,19,24)/t15-/m1/s1. The highest BCUT2D eigenvalue weighted by molar-refractivity contribution is 7.11. The average molecular weight is 382 g/mol. The molecule has 0 bridgehead atoms. The number of nitrogens with one attached hydrogen (secondary N) is 1. The van der Waals surface area contributed by atoms with Gasteiger partial charge in [0.05, 0.1) is 19.1 Å². The summed E-state index contributed by atoms with van der Waals surface area (Å²) in [5.74, 6) is 0.318. The van der Waals surface area contributed by atoms with Gasteiger partial charge in [0.25, 0.3) is 0 Å². The molecule has 0 radical (unpaired) electrons. The molecule has 3 heterocycles. The molecule has 26 heavy (non-hydrogen) atoms. The van der Waals surface area contributed by atoms with Crippen molar-refractivity contribution in [1.29, 1.82) is 0 Å². The summed E-state index contributed by atoms with van der Waals surface area (Å²) in [6, 6.07) is 0.608. The predicted molar refractivity (Wildman–Crippen MR) is 102 cm³/mol. The van der Waals surface area contributed by atoms with E-state index < -0.39 is 0 Å². The number of carbonyl (C=O) groups excluding carboxylic acids is 1. The van der Waals surface area contributed by atoms with Crippen LogP contribution in [0.5, 0.6) is 0 Å². The van der Waals surface area contributed by atoms with Gasteiger partial charge in [0.1, 0.15) is 10.0 Å². The summed E-state index contributed by atoms with van der Waals surface area (Å²) < 4.78 is 5.01. The monoisotopic (exact) mass is 381 g/mol. The summed E-state index contributed by atoms with van der Waals surface area (Å²) in [6.07, 6.45) is 4.47. The van der Waals surface area contributed by atoms with E-state index in [-0.39, 0.29) is 11.8 Å². The first-order valence-electron chi connectivity index (χ1n) is 9.67. The number of hydrogen-bond donors (Lipinski definition) is 1. The lowest BCUT2D eigenvalue weighted by Gasteiger charge is -2.41. The van der Waals surface area contributed by atoms with Crippen LogP contribution in [0.25, 0.3) is 0 Å². The Bertz CT molecular complexity index is 574. The summed E-state index contributed by atoms with van der Waals surface area (Å²) in [5.41, 5.74) is 0. The number of likely N-dealkylation sites (tertiary alicyclic amines) is 2. The largest absolute Gasteiger partial charge is 0.383 e. The minimum Gasteiger partial charge on any atom is -0.383 e. The van der Waals surface area contributed by atoms with E-state index in [2.05, 4.69) is 25.3 Å². The summed E-state index contributed by atoms with van der Waals surface area (Å²) in [4.78, 5) is 17.4. The normalized spacial score (nSPS) is 23.2. The van der Waals surface area contributed by atoms with E-state index in [1.54, 1.807) is 18.4 Å². The molecule has 0 aromatic carbocycles. The van der Waals surface area contributed by atoms with E-state index in [1.807, 2.05) is 6.92 Å². The Morgan fingerprint density at radius 3 is 2.77 bits per heavy atom. The van der Waals surface area contributed by atoms with E-state index in [1.165, 1.54) is 12.8 Å². The number of nitrogens with zero attached hydrogens (tertiary/aromatic N) is 4. The minimum atomic E-state index is 0.128. The van der Waals surface area contributed by atoms with Gasteiger partial charge in [-0.1, -0.05) is 0 Å². The first-order valence-corrected chi connectivity index (χ1v) is 10.5. The van der Waals surface area contributed by atoms with E-state index >= 15 is 0 Å². The number of amides is 1. The summed E-state index contributed by atoms with van der Waals surface area (Å²) in [5, 5.41) is 13.5. The molecule has 2 fully saturated rings. The van der Waals surface area contributed by atoms with Crippen LogP contribution >= 0.6 is 11.3 Å². The molecule has 2 saturated heterocycles. The Morgan fingerprint density at radius 2 is 2.08 bits per heavy atom. The number of aryl methyl sites for hydroxylation is 1. The van der Waals surface area contributed by atoms with E-state index in [0.717, 1.165) is 55.6 Å². The van der Waals surface area contributed by atoms with Crippen LogP contribution in [0.3, 0.4) is 0 Å². The predicted octanol–water partition coefficient (Wildman–Crippen LogP) is 1.29. The van der Waals surface area contributed by atoms with Gasteiger partial charge in [-0.15, -0.1) is 21.5 Å². The summed E-state index contributed by atoms with van der Waals surface area (Å²) in [7, 11) is 1.66. The average Bonchev–Trinajstić information content (AvgIpc) is 3.07. The van der Waals surface area contributed by atoms with Crippen LogP contribution < -0.4 is 5.32 Å². The third kappa shape index (κ3) is 5.45. The molecule has 2 aliphatic heterocycles. The first kappa shape index (κ1) is 19.7. The second-order valence-electron chi connectivity index (χ2n) is 7.34. The fourth-order valence-corrected chi connectivity index (χ4v) is 4.76. The lowest BCUT2D eigenvalue weighted by Crippen LogP contribution is -2.50. The zero-order valence-electron chi connectivity index (χ0n) is 15.9. The van der Waals surface area contributed by atoms with Crippen molar-refractivity contribution in [2.45, 2.75) is 45.2 Å². The molecule has 0 spiro atoms. The van der Waals surface area contributed by atoms with Gasteiger partial charge in [0, 0.05) is 39.3 Å². The van der Waals surface area contributed by atoms with Gasteiger partial charge < -0.3 is 10.1 Å². The third-order valence-corrected chi connectivity index (χ3v) is 6.25. The highest BCUT2D eigenvalue weighted by Gasteiger charge is 2.31. The van der Waals surface area contributed by atoms with Crippen molar-refractivity contribution in [3.63, 3.8) is 0 Å². The molecule has 1 aromatic heterocycles. The molecular formula is C18H31N5O2S. The zero-order valence-corrected chi connectivity index (χ0v) is 16.8. The Labute approximate surface area is 160 Å². The zero-order chi connectivity index (χ0) is 18.4. The molecule has 2 aliphatic rings. The maximum atomic E-state index is 12.3. The molecular weight excluding hydrogens is 350 g/mol. The first-order chi connectivity index (χ1) is 12.7. The van der Waals surface area contributed by atoms with Crippen LogP contribution in [-0.2, 0) is 16.1 Å². The molecule has 0 saturated carbocycles. The van der Waals surface area contributed by atoms with Gasteiger partial charge in [-0.05, 0) is 39.2 Å². The molecule has 1 N–H and O–H groups in total. The third-order valence-electron chi connectivity index (χ3n) is 5.43. The quantitative estimate of drug-likeness (QED) is 0.718. The van der Waals surface area contributed by atoms with Crippen molar-refractivity contribution in [3.8, 4) is 0 Å². The van der Waals surface area contributed by atoms with Crippen LogP contribution in [0, 0.1) is 12.8 Å². The van der Waals surface area contributed by atoms with Gasteiger partial charge in [-0.25, -0.2) is 0 Å². The molecule has 1 atom stereocenters. The number of rotatable bonds is 7. The smallest absolute Gasteiger partial charge is 0.224 e. The van der Waals surface area contributed by atoms with Crippen molar-refractivity contribution in [1.82, 2.24) is 25.3 Å². The van der Waals surface area contributed by atoms with Crippen molar-refractivity contribution in [3.05, 3.63) is 10.0 Å². The van der Waals surface area contributed by atoms with Crippen LogP contribution in [0.4, 0.5) is 0 Å². The fourth-order valence-electron chi connectivity index (χ4n) is 4.01. The Kier molecular flexibility index (Phi) is 7.36. The maximum Gasteiger partial charge on any atom is 0.224 e. The number of piperidine rings is 2. The van der Waals surface area contributed by atoms with Gasteiger partial charge in [0.2, 0.25) is 5.91 Å². The molecule has 0 aliphatic carbocycles. The topological polar surface area (TPSA) is 70.6 Å². The lowest BCUT2D eigenvalue weighted by atomic mass is 9.93. The SMILES string of the molecule is COCCNC(=O)[C@@H]1CCCN(C2CCN(Cc3nnc(C)s3)CC2)C1. The van der Waals surface area contributed by atoms with Crippen molar-refractivity contribution >= 4 is 17.2 Å². The van der Waals surface area contributed by atoms with E-state index in [0.29, 0.717) is 19.2 Å². The molecule has 1 amide bonds. The molecule has 146 valence electrons. The van der Waals surface area contributed by atoms with Crippen LogP contribution in [0.1, 0.15) is 35.7 Å². The Hall–Kier alpha value is -1.09. The minimum absolute atomic E-state index is 0.128. The molecule has 7 nitrogen and oxygen atoms in total. The molecule has 8 heteroatoms. The number of methoxy groups -OCH3 is 1. The number of hydrogen-bond acceptors (Lipinski definition) is 7. The highest BCUT2D eigenvalue weighted by atomic mass is 32.1. The summed E-state index contributed by atoms with van der Waals surface area (Å²) >= 11 is 1.69. The Morgan fingerprint density at radius 1 is 1.27 bits per heavy atom. The van der Waals surface area contributed by atoms with Crippen LogP contribution in [-0.4, -0.2) is 78.4 Å². The van der Waals surface area contributed by atoms with E-state index in [4.69, 9.17) is 4.74 Å². The van der Waals surface area contributed by atoms with Crippen LogP contribution in [0.15, 0.2) is 0 Å². The second-order valence-corrected chi connectivity index (χ2v) is 8.61. The Balaban J connectivity index is 1.42. The van der Waals surface area contributed by atoms with E-state index in [9.17, 15) is 4.79 Å². The van der Waals surface area contributed by atoms with Gasteiger partial charge in [0.15, 0.2) is 0 Å². The van der Waals surface area contributed by atoms with Crippen molar-refractivity contribution < 1.29 is 9.53 Å². The number of carbonyl (C=O) groups is 1. The van der Waals surface area contributed by atoms with Crippen molar-refractivity contribution in [2.75, 3.05) is 46.4 Å². The highest BCUT2D eigenvalue weighted by Crippen LogP contribution is 2.25. The van der Waals surface area contributed by atoms with Gasteiger partial charge in [-0.3, -0.25) is 14.6 Å². The number of aromatic nitrogens is 2. The second kappa shape index (κ2) is 9.73. The fraction of sp³-hybridized carbons (Fsp3) is 0.833. The maximum absolute atomic E-state index is 12.3. The molecule has 1 aromatic rings. The molecule has 0 unspecified atom stereocenters.